The molecule has 0 amide bonds. The van der Waals surface area contributed by atoms with Gasteiger partial charge in [-0.05, 0) is 49.9 Å². The summed E-state index contributed by atoms with van der Waals surface area (Å²) in [5.41, 5.74) is 0.972. The molecule has 1 aromatic rings. The Kier molecular flexibility index (Phi) is 6.16. The maximum Gasteiger partial charge on any atom is 0.123 e. The van der Waals surface area contributed by atoms with Crippen molar-refractivity contribution in [2.45, 2.75) is 32.7 Å². The van der Waals surface area contributed by atoms with Crippen molar-refractivity contribution in [3.63, 3.8) is 0 Å². The molecule has 1 aromatic carbocycles. The third kappa shape index (κ3) is 5.29. The van der Waals surface area contributed by atoms with Crippen molar-refractivity contribution in [1.29, 1.82) is 0 Å². The Morgan fingerprint density at radius 2 is 2.12 bits per heavy atom. The van der Waals surface area contributed by atoms with Crippen molar-refractivity contribution in [3.05, 3.63) is 35.6 Å². The number of aliphatic hydroxyl groups excluding tert-OH is 1. The number of rotatable bonds is 7. The van der Waals surface area contributed by atoms with Crippen LogP contribution in [0.25, 0.3) is 0 Å². The standard InChI is InChI=1S/C14H22FNO/c1-11(10-17)5-4-8-16-12(2)13-6-3-7-14(15)9-13/h3,6-7,9,11-12,16-17H,4-5,8,10H2,1-2H3. The lowest BCUT2D eigenvalue weighted by Crippen LogP contribution is -2.20. The summed E-state index contributed by atoms with van der Waals surface area (Å²) < 4.78 is 13.0. The van der Waals surface area contributed by atoms with Crippen LogP contribution >= 0.6 is 0 Å². The predicted molar refractivity (Wildman–Crippen MR) is 68.3 cm³/mol. The molecule has 2 unspecified atom stereocenters. The number of hydrogen-bond donors (Lipinski definition) is 2. The minimum atomic E-state index is -0.190. The predicted octanol–water partition coefficient (Wildman–Crippen LogP) is 2.88. The molecule has 0 aliphatic carbocycles. The maximum absolute atomic E-state index is 13.0. The summed E-state index contributed by atoms with van der Waals surface area (Å²) in [4.78, 5) is 0. The minimum absolute atomic E-state index is 0.162. The Bertz CT molecular complexity index is 330. The number of benzene rings is 1. The zero-order chi connectivity index (χ0) is 12.7. The van der Waals surface area contributed by atoms with E-state index in [4.69, 9.17) is 5.11 Å². The molecule has 0 saturated heterocycles. The summed E-state index contributed by atoms with van der Waals surface area (Å²) >= 11 is 0. The van der Waals surface area contributed by atoms with E-state index in [2.05, 4.69) is 5.32 Å². The average molecular weight is 239 g/mol. The fourth-order valence-electron chi connectivity index (χ4n) is 1.75. The first-order chi connectivity index (χ1) is 8.13. The van der Waals surface area contributed by atoms with Crippen LogP contribution in [0.3, 0.4) is 0 Å². The fourth-order valence-corrected chi connectivity index (χ4v) is 1.75. The largest absolute Gasteiger partial charge is 0.396 e. The molecule has 17 heavy (non-hydrogen) atoms. The van der Waals surface area contributed by atoms with Crippen LogP contribution in [0.15, 0.2) is 24.3 Å². The van der Waals surface area contributed by atoms with E-state index in [1.807, 2.05) is 19.9 Å². The van der Waals surface area contributed by atoms with Crippen LogP contribution in [0.2, 0.25) is 0 Å². The molecule has 2 atom stereocenters. The molecule has 3 heteroatoms. The van der Waals surface area contributed by atoms with E-state index in [0.29, 0.717) is 5.92 Å². The van der Waals surface area contributed by atoms with Crippen LogP contribution in [0, 0.1) is 11.7 Å². The summed E-state index contributed by atoms with van der Waals surface area (Å²) in [7, 11) is 0. The number of aliphatic hydroxyl groups is 1. The number of nitrogens with one attached hydrogen (secondary N) is 1. The van der Waals surface area contributed by atoms with Crippen LogP contribution in [0.1, 0.15) is 38.3 Å². The second kappa shape index (κ2) is 7.41. The van der Waals surface area contributed by atoms with Crippen molar-refractivity contribution < 1.29 is 9.50 Å². The maximum atomic E-state index is 13.0. The van der Waals surface area contributed by atoms with Gasteiger partial charge in [-0.15, -0.1) is 0 Å². The Hall–Kier alpha value is -0.930. The zero-order valence-corrected chi connectivity index (χ0v) is 10.6. The topological polar surface area (TPSA) is 32.3 Å². The molecular formula is C14H22FNO. The quantitative estimate of drug-likeness (QED) is 0.717. The molecule has 0 fully saturated rings. The van der Waals surface area contributed by atoms with Gasteiger partial charge >= 0.3 is 0 Å². The molecule has 96 valence electrons. The Morgan fingerprint density at radius 1 is 1.35 bits per heavy atom. The van der Waals surface area contributed by atoms with Crippen molar-refractivity contribution in [2.24, 2.45) is 5.92 Å². The van der Waals surface area contributed by atoms with Crippen LogP contribution in [-0.4, -0.2) is 18.3 Å². The SMILES string of the molecule is CC(CO)CCCNC(C)c1cccc(F)c1. The molecule has 0 spiro atoms. The molecule has 0 aliphatic heterocycles. The van der Waals surface area contributed by atoms with E-state index in [-0.39, 0.29) is 18.5 Å². The lowest BCUT2D eigenvalue weighted by Gasteiger charge is -2.15. The molecule has 1 rings (SSSR count). The lowest BCUT2D eigenvalue weighted by atomic mass is 10.1. The van der Waals surface area contributed by atoms with E-state index in [1.165, 1.54) is 6.07 Å². The van der Waals surface area contributed by atoms with E-state index in [0.717, 1.165) is 24.9 Å². The van der Waals surface area contributed by atoms with E-state index < -0.39 is 0 Å². The van der Waals surface area contributed by atoms with Gasteiger partial charge in [0.2, 0.25) is 0 Å². The normalized spacial score (nSPS) is 14.6. The third-order valence-electron chi connectivity index (χ3n) is 2.98. The highest BCUT2D eigenvalue weighted by molar-refractivity contribution is 5.19. The van der Waals surface area contributed by atoms with Crippen LogP contribution < -0.4 is 5.32 Å². The van der Waals surface area contributed by atoms with Crippen LogP contribution in [0.4, 0.5) is 4.39 Å². The Morgan fingerprint density at radius 3 is 2.76 bits per heavy atom. The number of halogens is 1. The molecular weight excluding hydrogens is 217 g/mol. The monoisotopic (exact) mass is 239 g/mol. The van der Waals surface area contributed by atoms with E-state index >= 15 is 0 Å². The van der Waals surface area contributed by atoms with Crippen LogP contribution in [-0.2, 0) is 0 Å². The second-order valence-corrected chi connectivity index (χ2v) is 4.66. The molecule has 2 nitrogen and oxygen atoms in total. The highest BCUT2D eigenvalue weighted by Gasteiger charge is 2.05. The average Bonchev–Trinajstić information content (AvgIpc) is 2.34. The second-order valence-electron chi connectivity index (χ2n) is 4.66. The zero-order valence-electron chi connectivity index (χ0n) is 10.6. The molecule has 0 saturated carbocycles. The van der Waals surface area contributed by atoms with Crippen molar-refractivity contribution in [3.8, 4) is 0 Å². The van der Waals surface area contributed by atoms with Gasteiger partial charge in [-0.25, -0.2) is 4.39 Å². The smallest absolute Gasteiger partial charge is 0.123 e. The summed E-state index contributed by atoms with van der Waals surface area (Å²) in [6.07, 6.45) is 2.04. The molecule has 0 radical (unpaired) electrons. The third-order valence-corrected chi connectivity index (χ3v) is 2.98. The highest BCUT2D eigenvalue weighted by Crippen LogP contribution is 2.13. The van der Waals surface area contributed by atoms with Crippen molar-refractivity contribution >= 4 is 0 Å². The van der Waals surface area contributed by atoms with Gasteiger partial charge in [0, 0.05) is 12.6 Å². The van der Waals surface area contributed by atoms with Gasteiger partial charge in [0.1, 0.15) is 5.82 Å². The van der Waals surface area contributed by atoms with E-state index in [9.17, 15) is 4.39 Å². The molecule has 0 aliphatic rings. The molecule has 0 bridgehead atoms. The Labute approximate surface area is 103 Å². The molecule has 2 N–H and O–H groups in total. The van der Waals surface area contributed by atoms with Gasteiger partial charge in [-0.2, -0.15) is 0 Å². The van der Waals surface area contributed by atoms with E-state index in [1.54, 1.807) is 12.1 Å². The fraction of sp³-hybridized carbons (Fsp3) is 0.571. The highest BCUT2D eigenvalue weighted by atomic mass is 19.1. The first kappa shape index (κ1) is 14.1. The molecule has 0 heterocycles. The summed E-state index contributed by atoms with van der Waals surface area (Å²) in [5.74, 6) is 0.173. The van der Waals surface area contributed by atoms with Crippen molar-refractivity contribution in [1.82, 2.24) is 5.32 Å². The van der Waals surface area contributed by atoms with Gasteiger partial charge in [0.15, 0.2) is 0 Å². The number of hydrogen-bond acceptors (Lipinski definition) is 2. The lowest BCUT2D eigenvalue weighted by molar-refractivity contribution is 0.227. The first-order valence-corrected chi connectivity index (χ1v) is 6.23. The Balaban J connectivity index is 2.28. The summed E-state index contributed by atoms with van der Waals surface area (Å²) in [5, 5.41) is 12.2. The summed E-state index contributed by atoms with van der Waals surface area (Å²) in [6.45, 7) is 5.21. The first-order valence-electron chi connectivity index (χ1n) is 6.23. The minimum Gasteiger partial charge on any atom is -0.396 e. The van der Waals surface area contributed by atoms with Gasteiger partial charge in [0.25, 0.3) is 0 Å². The van der Waals surface area contributed by atoms with Gasteiger partial charge < -0.3 is 10.4 Å². The van der Waals surface area contributed by atoms with Gasteiger partial charge in [-0.1, -0.05) is 19.1 Å². The molecule has 0 aromatic heterocycles. The van der Waals surface area contributed by atoms with Crippen LogP contribution in [0.5, 0.6) is 0 Å². The van der Waals surface area contributed by atoms with Gasteiger partial charge in [-0.3, -0.25) is 0 Å². The summed E-state index contributed by atoms with van der Waals surface area (Å²) in [6, 6.07) is 6.84. The van der Waals surface area contributed by atoms with Gasteiger partial charge in [0.05, 0.1) is 0 Å². The van der Waals surface area contributed by atoms with Crippen molar-refractivity contribution in [2.75, 3.05) is 13.2 Å².